The third-order valence-corrected chi connectivity index (χ3v) is 13.6. The Hall–Kier alpha value is -4.40. The number of likely N-dealkylation sites (N-methyl/N-ethyl adjacent to an activating group) is 1. The van der Waals surface area contributed by atoms with Gasteiger partial charge in [0.2, 0.25) is 5.91 Å². The minimum atomic E-state index is -3.75. The highest BCUT2D eigenvalue weighted by Crippen LogP contribution is 2.51. The molecule has 3 unspecified atom stereocenters. The maximum atomic E-state index is 13.6. The van der Waals surface area contributed by atoms with Crippen LogP contribution >= 0.6 is 16.4 Å². The van der Waals surface area contributed by atoms with Gasteiger partial charge < -0.3 is 49.2 Å². The first-order valence-electron chi connectivity index (χ1n) is 25.3. The summed E-state index contributed by atoms with van der Waals surface area (Å²) in [7, 11) is 1.25. The van der Waals surface area contributed by atoms with Crippen molar-refractivity contribution in [3.63, 3.8) is 0 Å². The third-order valence-electron chi connectivity index (χ3n) is 10.9. The maximum Gasteiger partial charge on any atom is 0.407 e. The number of alkyl carbamates (subject to hydrolysis) is 1. The van der Waals surface area contributed by atoms with Crippen LogP contribution in [0.25, 0.3) is 0 Å². The second-order valence-corrected chi connectivity index (χ2v) is 20.0. The highest BCUT2D eigenvalue weighted by atomic mass is 31.2. The molecule has 0 aromatic heterocycles. The monoisotopic (exact) mass is 1050 g/mol. The Balaban J connectivity index is 0. The number of aliphatic hydroxyl groups is 1. The molecule has 0 bridgehead atoms. The lowest BCUT2D eigenvalue weighted by Gasteiger charge is -2.30. The van der Waals surface area contributed by atoms with Crippen molar-refractivity contribution in [2.24, 2.45) is 0 Å². The number of amides is 2. The first kappa shape index (κ1) is 69.7. The fraction of sp³-hybridized carbons (Fsp3) is 0.593. The topological polar surface area (TPSA) is 205 Å². The smallest absolute Gasteiger partial charge is 0.407 e. The number of benzene rings is 2. The van der Waals surface area contributed by atoms with Crippen LogP contribution in [0.1, 0.15) is 140 Å². The van der Waals surface area contributed by atoms with Gasteiger partial charge in [0, 0.05) is 78.0 Å². The van der Waals surface area contributed by atoms with E-state index in [-0.39, 0.29) is 44.2 Å². The zero-order valence-electron chi connectivity index (χ0n) is 46.8. The van der Waals surface area contributed by atoms with Crippen LogP contribution in [-0.2, 0) is 57.6 Å². The van der Waals surface area contributed by atoms with Gasteiger partial charge in [-0.15, -0.1) is 0 Å². The number of esters is 2. The lowest BCUT2D eigenvalue weighted by molar-refractivity contribution is -0.568. The van der Waals surface area contributed by atoms with Gasteiger partial charge in [0.05, 0.1) is 32.2 Å². The number of carbonyl (C=O) groups excluding carboxylic acids is 4. The number of quaternary nitrogens is 1. The molecule has 2 amide bonds. The number of ether oxygens (including phenoxy) is 3. The van der Waals surface area contributed by atoms with E-state index in [1.54, 1.807) is 19.9 Å². The summed E-state index contributed by atoms with van der Waals surface area (Å²) in [4.78, 5) is 47.0. The summed E-state index contributed by atoms with van der Waals surface area (Å²) in [5.74, 6) is -1.12. The number of methoxy groups -OCH3 is 2. The number of unbranched alkanes of at least 4 members (excludes halogenated alkanes) is 3. The zero-order valence-corrected chi connectivity index (χ0v) is 48.7. The van der Waals surface area contributed by atoms with Crippen LogP contribution in [0.3, 0.4) is 0 Å². The average Bonchev–Trinajstić information content (AvgIpc) is 3.61. The summed E-state index contributed by atoms with van der Waals surface area (Å²) in [5, 5.41) is 15.7. The van der Waals surface area contributed by atoms with Gasteiger partial charge in [-0.25, -0.2) is 14.4 Å². The normalized spacial score (nSPS) is 15.3. The highest BCUT2D eigenvalue weighted by molar-refractivity contribution is 7.62. The average molecular weight is 1050 g/mol. The summed E-state index contributed by atoms with van der Waals surface area (Å²) in [5.41, 5.74) is 5.39. The van der Waals surface area contributed by atoms with E-state index in [2.05, 4.69) is 116 Å². The Kier molecular flexibility index (Phi) is 37.9. The standard InChI is InChI=1S/C41H60N2O8P2.C8H16N2O3.2C2H6.CH4O/c1-10-13-14-19-26-41(6)34-27-31(52-50-29-38(44)47-7)21-24-36(34)43(12-3)37(41)20-17-15-16-18-25-40(4,5)33-28-32(22-23-35(33)42-11-2)53(46,49-9)51-30-39(45)48-8;1-6(2)13-8(12)10-5-4-9-7(3)11;3*1-2/h15-18,20-24,27-28,42,52H,10-14,19,25-26,29-30H2,1-9H3;6H,4-5H2,1-3H3,(H,9,11)(H,10,12);2*1-2H3;2H,1H3/p+1/b17-15+,18-16+,37-20+;;;;. The van der Waals surface area contributed by atoms with E-state index in [0.717, 1.165) is 56.0 Å². The largest absolute Gasteiger partial charge is 0.467 e. The van der Waals surface area contributed by atoms with Gasteiger partial charge in [-0.1, -0.05) is 105 Å². The fourth-order valence-electron chi connectivity index (χ4n) is 7.41. The number of anilines is 1. The van der Waals surface area contributed by atoms with Gasteiger partial charge in [-0.3, -0.25) is 13.9 Å². The first-order valence-corrected chi connectivity index (χ1v) is 27.7. The van der Waals surface area contributed by atoms with Crippen molar-refractivity contribution in [1.29, 1.82) is 0 Å². The summed E-state index contributed by atoms with van der Waals surface area (Å²) in [6.07, 6.45) is 16.6. The molecule has 1 heterocycles. The van der Waals surface area contributed by atoms with E-state index < -0.39 is 26.3 Å². The molecular weight excluding hydrogens is 959 g/mol. The van der Waals surface area contributed by atoms with Crippen molar-refractivity contribution < 1.29 is 61.9 Å². The summed E-state index contributed by atoms with van der Waals surface area (Å²) >= 11 is 0. The van der Waals surface area contributed by atoms with Crippen molar-refractivity contribution >= 4 is 62.3 Å². The number of hydrogen-bond donors (Lipinski definition) is 4. The molecule has 18 heteroatoms. The predicted molar refractivity (Wildman–Crippen MR) is 295 cm³/mol. The maximum absolute atomic E-state index is 13.6. The number of carbonyl (C=O) groups is 4. The van der Waals surface area contributed by atoms with E-state index in [1.165, 1.54) is 64.5 Å². The third kappa shape index (κ3) is 24.5. The molecule has 0 aliphatic carbocycles. The number of hydrogen-bond acceptors (Lipinski definition) is 13. The number of nitrogens with zero attached hydrogens (tertiary/aromatic N) is 1. The van der Waals surface area contributed by atoms with Gasteiger partial charge in [0.25, 0.3) is 0 Å². The second-order valence-electron chi connectivity index (χ2n) is 16.8. The number of rotatable bonds is 26. The van der Waals surface area contributed by atoms with Crippen LogP contribution in [0.5, 0.6) is 0 Å². The molecule has 410 valence electrons. The lowest BCUT2D eigenvalue weighted by Crippen LogP contribution is -2.78. The highest BCUT2D eigenvalue weighted by Gasteiger charge is 2.42. The summed E-state index contributed by atoms with van der Waals surface area (Å²) < 4.78 is 44.3. The number of fused-ring (bicyclic) bond motifs is 1. The summed E-state index contributed by atoms with van der Waals surface area (Å²) in [6, 6.07) is 12.1. The zero-order chi connectivity index (χ0) is 55.3. The molecule has 0 spiro atoms. The molecule has 3 rings (SSSR count). The van der Waals surface area contributed by atoms with E-state index in [9.17, 15) is 23.7 Å². The van der Waals surface area contributed by atoms with Gasteiger partial charge in [0.1, 0.15) is 12.3 Å². The Morgan fingerprint density at radius 1 is 0.875 bits per heavy atom. The van der Waals surface area contributed by atoms with Crippen LogP contribution in [0.2, 0.25) is 0 Å². The number of allylic oxidation sites excluding steroid dienone is 6. The number of nitrogens with one attached hydrogen (secondary N) is 2. The fourth-order valence-corrected chi connectivity index (χ4v) is 9.41. The van der Waals surface area contributed by atoms with Crippen LogP contribution in [0.4, 0.5) is 16.2 Å². The Morgan fingerprint density at radius 3 is 2.08 bits per heavy atom. The van der Waals surface area contributed by atoms with Crippen LogP contribution in [-0.4, -0.2) is 103 Å². The van der Waals surface area contributed by atoms with Crippen LogP contribution < -0.4 is 31.5 Å². The van der Waals surface area contributed by atoms with E-state index in [4.69, 9.17) is 28.2 Å². The Bertz CT molecular complexity index is 2020. The second kappa shape index (κ2) is 39.1. The van der Waals surface area contributed by atoms with E-state index in [0.29, 0.717) is 18.4 Å². The molecule has 0 radical (unpaired) electrons. The molecule has 1 aliphatic rings. The van der Waals surface area contributed by atoms with E-state index >= 15 is 0 Å². The van der Waals surface area contributed by atoms with E-state index in [1.807, 2.05) is 39.8 Å². The first-order chi connectivity index (χ1) is 34.4. The molecule has 5 N–H and O–H groups in total. The molecule has 72 heavy (non-hydrogen) atoms. The summed E-state index contributed by atoms with van der Waals surface area (Å²) in [6.45, 7) is 28.1. The van der Waals surface area contributed by atoms with Crippen molar-refractivity contribution in [3.05, 3.63) is 83.6 Å². The molecule has 1 aliphatic heterocycles. The van der Waals surface area contributed by atoms with Gasteiger partial charge in [-0.05, 0) is 94.1 Å². The molecule has 0 saturated heterocycles. The van der Waals surface area contributed by atoms with Crippen molar-refractivity contribution in [2.45, 2.75) is 145 Å². The van der Waals surface area contributed by atoms with Crippen molar-refractivity contribution in [2.75, 3.05) is 72.7 Å². The number of aliphatic hydroxyl groups excluding tert-OH is 1. The Labute approximate surface area is 435 Å². The van der Waals surface area contributed by atoms with Crippen molar-refractivity contribution in [3.8, 4) is 0 Å². The van der Waals surface area contributed by atoms with Crippen LogP contribution in [0, 0.1) is 0 Å². The molecular formula is C54H93N4O12P2+. The minimum absolute atomic E-state index is 0.0588. The van der Waals surface area contributed by atoms with Crippen LogP contribution in [0.15, 0.2) is 72.5 Å². The molecule has 0 fully saturated rings. The molecule has 2 aromatic rings. The quantitative estimate of drug-likeness (QED) is 0.0173. The SMILES string of the molecule is CC.CC.CC(=O)NCCNC(=O)OC(C)C.CCCCCCC1(C)\C(=C/C=C/C=C/CC(C)(C)c2cc(P(=O)(OC)OCC(=O)OC)ccc2[NH2+]CC)N(CC)c2ccc(POCC(=O)OC)cc21.CO. The molecule has 16 nitrogen and oxygen atoms in total. The van der Waals surface area contributed by atoms with Gasteiger partial charge in [-0.2, -0.15) is 0 Å². The molecule has 3 atom stereocenters. The molecule has 0 saturated carbocycles. The predicted octanol–water partition coefficient (Wildman–Crippen LogP) is 9.31. The van der Waals surface area contributed by atoms with Crippen molar-refractivity contribution in [1.82, 2.24) is 10.6 Å². The number of nitrogens with two attached hydrogens (primary N) is 1. The van der Waals surface area contributed by atoms with Gasteiger partial charge in [0.15, 0.2) is 6.61 Å². The lowest BCUT2D eigenvalue weighted by atomic mass is 9.77. The van der Waals surface area contributed by atoms with Gasteiger partial charge >= 0.3 is 25.6 Å². The molecule has 2 aromatic carbocycles. The minimum Gasteiger partial charge on any atom is -0.467 e. The Morgan fingerprint density at radius 2 is 1.51 bits per heavy atom.